The van der Waals surface area contributed by atoms with E-state index in [9.17, 15) is 0 Å². The molecule has 1 heterocycles. The Morgan fingerprint density at radius 1 is 1.38 bits per heavy atom. The van der Waals surface area contributed by atoms with Crippen LogP contribution in [-0.2, 0) is 12.8 Å². The molecule has 0 radical (unpaired) electrons. The molecule has 21 heavy (non-hydrogen) atoms. The van der Waals surface area contributed by atoms with Crippen molar-refractivity contribution in [2.45, 2.75) is 56.2 Å². The molecule has 1 aromatic rings. The highest BCUT2D eigenvalue weighted by Crippen LogP contribution is 2.31. The first-order valence-electron chi connectivity index (χ1n) is 7.79. The van der Waals surface area contributed by atoms with E-state index in [1.807, 2.05) is 11.8 Å². The van der Waals surface area contributed by atoms with Crippen molar-refractivity contribution in [1.29, 1.82) is 0 Å². The third-order valence-corrected chi connectivity index (χ3v) is 5.94. The molecule has 2 aliphatic rings. The van der Waals surface area contributed by atoms with Crippen molar-refractivity contribution in [3.8, 4) is 0 Å². The van der Waals surface area contributed by atoms with Crippen LogP contribution in [0.3, 0.4) is 0 Å². The molecule has 2 unspecified atom stereocenters. The van der Waals surface area contributed by atoms with Gasteiger partial charge in [0, 0.05) is 17.0 Å². The molecule has 0 amide bonds. The molecular formula is C16H23N3S2. The van der Waals surface area contributed by atoms with E-state index in [2.05, 4.69) is 17.6 Å². The highest BCUT2D eigenvalue weighted by Gasteiger charge is 2.25. The van der Waals surface area contributed by atoms with E-state index in [0.29, 0.717) is 11.0 Å². The van der Waals surface area contributed by atoms with Crippen LogP contribution in [0.1, 0.15) is 48.9 Å². The highest BCUT2D eigenvalue weighted by molar-refractivity contribution is 7.99. The van der Waals surface area contributed by atoms with Gasteiger partial charge in [-0.3, -0.25) is 0 Å². The quantitative estimate of drug-likeness (QED) is 0.834. The minimum Gasteiger partial charge on any atom is -0.389 e. The number of nitrogens with zero attached hydrogens (tertiary/aromatic N) is 1. The van der Waals surface area contributed by atoms with Crippen LogP contribution in [0.25, 0.3) is 0 Å². The van der Waals surface area contributed by atoms with Crippen molar-refractivity contribution in [2.24, 2.45) is 5.73 Å². The van der Waals surface area contributed by atoms with Gasteiger partial charge < -0.3 is 11.1 Å². The van der Waals surface area contributed by atoms with Crippen LogP contribution < -0.4 is 11.1 Å². The molecule has 2 atom stereocenters. The molecule has 0 aromatic carbocycles. The minimum absolute atomic E-state index is 0.456. The van der Waals surface area contributed by atoms with Gasteiger partial charge in [0.1, 0.15) is 10.8 Å². The van der Waals surface area contributed by atoms with Gasteiger partial charge in [-0.05, 0) is 62.8 Å². The Balaban J connectivity index is 1.84. The molecule has 1 saturated carbocycles. The lowest BCUT2D eigenvalue weighted by Crippen LogP contribution is -2.23. The summed E-state index contributed by atoms with van der Waals surface area (Å²) in [6.45, 7) is 0. The van der Waals surface area contributed by atoms with Crippen molar-refractivity contribution >= 4 is 34.8 Å². The van der Waals surface area contributed by atoms with Gasteiger partial charge in [-0.2, -0.15) is 11.8 Å². The summed E-state index contributed by atoms with van der Waals surface area (Å²) in [5.74, 6) is 0.912. The molecule has 1 aromatic heterocycles. The Morgan fingerprint density at radius 2 is 2.19 bits per heavy atom. The Bertz CT molecular complexity index is 545. The Hall–Kier alpha value is -0.810. The lowest BCUT2D eigenvalue weighted by Gasteiger charge is -2.21. The van der Waals surface area contributed by atoms with E-state index in [0.717, 1.165) is 29.5 Å². The van der Waals surface area contributed by atoms with Crippen molar-refractivity contribution in [3.05, 3.63) is 22.9 Å². The van der Waals surface area contributed by atoms with Crippen LogP contribution >= 0.6 is 24.0 Å². The fraction of sp³-hybridized carbons (Fsp3) is 0.625. The standard InChI is InChI=1S/C16H23N3S2/c1-21-12-7-6-11(9-12)18-16-13(15(17)20)8-10-4-2-3-5-14(10)19-16/h8,11-12H,2-7,9H2,1H3,(H2,17,20)(H,18,19). The minimum atomic E-state index is 0.456. The number of nitrogens with one attached hydrogen (secondary N) is 1. The normalized spacial score (nSPS) is 24.6. The predicted molar refractivity (Wildman–Crippen MR) is 95.3 cm³/mol. The van der Waals surface area contributed by atoms with Crippen molar-refractivity contribution in [1.82, 2.24) is 4.98 Å². The topological polar surface area (TPSA) is 50.9 Å². The Labute approximate surface area is 136 Å². The molecule has 0 aliphatic heterocycles. The second kappa shape index (κ2) is 6.53. The average molecular weight is 322 g/mol. The van der Waals surface area contributed by atoms with Gasteiger partial charge in [0.25, 0.3) is 0 Å². The van der Waals surface area contributed by atoms with Gasteiger partial charge in [0.15, 0.2) is 0 Å². The zero-order valence-electron chi connectivity index (χ0n) is 12.5. The molecule has 3 nitrogen and oxygen atoms in total. The molecule has 114 valence electrons. The monoisotopic (exact) mass is 321 g/mol. The molecule has 1 fully saturated rings. The predicted octanol–water partition coefficient (Wildman–Crippen LogP) is 3.29. The maximum Gasteiger partial charge on any atom is 0.136 e. The maximum atomic E-state index is 5.92. The summed E-state index contributed by atoms with van der Waals surface area (Å²) < 4.78 is 0. The first-order valence-corrected chi connectivity index (χ1v) is 9.49. The summed E-state index contributed by atoms with van der Waals surface area (Å²) in [6.07, 6.45) is 10.6. The van der Waals surface area contributed by atoms with E-state index in [-0.39, 0.29) is 0 Å². The van der Waals surface area contributed by atoms with Crippen LogP contribution in [0.2, 0.25) is 0 Å². The summed E-state index contributed by atoms with van der Waals surface area (Å²) in [5, 5.41) is 4.38. The highest BCUT2D eigenvalue weighted by atomic mass is 32.2. The zero-order chi connectivity index (χ0) is 14.8. The second-order valence-electron chi connectivity index (χ2n) is 6.07. The van der Waals surface area contributed by atoms with Crippen LogP contribution in [0.5, 0.6) is 0 Å². The number of aromatic nitrogens is 1. The maximum absolute atomic E-state index is 5.92. The number of thioether (sulfide) groups is 1. The van der Waals surface area contributed by atoms with Crippen LogP contribution in [0.15, 0.2) is 6.07 Å². The van der Waals surface area contributed by atoms with Gasteiger partial charge in [-0.15, -0.1) is 0 Å². The fourth-order valence-corrected chi connectivity index (χ4v) is 4.36. The van der Waals surface area contributed by atoms with Gasteiger partial charge in [-0.25, -0.2) is 4.98 Å². The largest absolute Gasteiger partial charge is 0.389 e. The number of hydrogen-bond acceptors (Lipinski definition) is 4. The number of pyridine rings is 1. The van der Waals surface area contributed by atoms with E-state index in [1.165, 1.54) is 43.4 Å². The molecule has 0 bridgehead atoms. The third kappa shape index (κ3) is 3.34. The number of thiocarbonyl (C=S) groups is 1. The van der Waals surface area contributed by atoms with Crippen LogP contribution in [0, 0.1) is 0 Å². The fourth-order valence-electron chi connectivity index (χ4n) is 3.41. The zero-order valence-corrected chi connectivity index (χ0v) is 14.2. The Kier molecular flexibility index (Phi) is 4.69. The van der Waals surface area contributed by atoms with Gasteiger partial charge in [-0.1, -0.05) is 12.2 Å². The number of aryl methyl sites for hydroxylation is 2. The van der Waals surface area contributed by atoms with E-state index in [4.69, 9.17) is 22.9 Å². The van der Waals surface area contributed by atoms with Crippen molar-refractivity contribution in [3.63, 3.8) is 0 Å². The molecule has 2 aliphatic carbocycles. The van der Waals surface area contributed by atoms with Crippen LogP contribution in [-0.4, -0.2) is 27.5 Å². The second-order valence-corrected chi connectivity index (χ2v) is 7.65. The summed E-state index contributed by atoms with van der Waals surface area (Å²) in [7, 11) is 0. The number of rotatable bonds is 4. The van der Waals surface area contributed by atoms with Gasteiger partial charge in [0.2, 0.25) is 0 Å². The number of fused-ring (bicyclic) bond motifs is 1. The number of nitrogens with two attached hydrogens (primary N) is 1. The molecular weight excluding hydrogens is 298 g/mol. The molecule has 0 spiro atoms. The molecule has 0 saturated heterocycles. The lowest BCUT2D eigenvalue weighted by atomic mass is 9.94. The summed E-state index contributed by atoms with van der Waals surface area (Å²) in [5.41, 5.74) is 9.43. The number of anilines is 1. The van der Waals surface area contributed by atoms with E-state index in [1.54, 1.807) is 0 Å². The SMILES string of the molecule is CSC1CCC(Nc2nc3c(cc2C(N)=S)CCCC3)C1. The van der Waals surface area contributed by atoms with Crippen molar-refractivity contribution < 1.29 is 0 Å². The average Bonchev–Trinajstić information content (AvgIpc) is 2.94. The van der Waals surface area contributed by atoms with Gasteiger partial charge in [0.05, 0.1) is 5.56 Å². The first-order chi connectivity index (χ1) is 10.2. The molecule has 5 heteroatoms. The smallest absolute Gasteiger partial charge is 0.136 e. The summed E-state index contributed by atoms with van der Waals surface area (Å²) in [4.78, 5) is 5.32. The number of hydrogen-bond donors (Lipinski definition) is 2. The van der Waals surface area contributed by atoms with Crippen LogP contribution in [0.4, 0.5) is 5.82 Å². The van der Waals surface area contributed by atoms with E-state index < -0.39 is 0 Å². The summed E-state index contributed by atoms with van der Waals surface area (Å²) >= 11 is 7.20. The lowest BCUT2D eigenvalue weighted by molar-refractivity contribution is 0.665. The first kappa shape index (κ1) is 15.1. The van der Waals surface area contributed by atoms with E-state index >= 15 is 0 Å². The molecule has 3 N–H and O–H groups in total. The molecule has 3 rings (SSSR count). The summed E-state index contributed by atoms with van der Waals surface area (Å²) in [6, 6.07) is 2.68. The van der Waals surface area contributed by atoms with Gasteiger partial charge >= 0.3 is 0 Å². The Morgan fingerprint density at radius 3 is 2.90 bits per heavy atom. The van der Waals surface area contributed by atoms with Crippen molar-refractivity contribution in [2.75, 3.05) is 11.6 Å². The third-order valence-electron chi connectivity index (χ3n) is 4.62.